The second kappa shape index (κ2) is 6.44. The van der Waals surface area contributed by atoms with Crippen molar-refractivity contribution in [2.75, 3.05) is 4.72 Å². The maximum absolute atomic E-state index is 12.6. The van der Waals surface area contributed by atoms with Crippen LogP contribution < -0.4 is 4.72 Å². The Balaban J connectivity index is 1.87. The molecule has 0 unspecified atom stereocenters. The van der Waals surface area contributed by atoms with Crippen molar-refractivity contribution >= 4 is 27.0 Å². The molecular formula is C16H13F3N2O3S2. The minimum absolute atomic E-state index is 0.0387. The van der Waals surface area contributed by atoms with Gasteiger partial charge < -0.3 is 4.52 Å². The van der Waals surface area contributed by atoms with E-state index in [9.17, 15) is 21.6 Å². The second-order valence-electron chi connectivity index (χ2n) is 5.71. The normalized spacial score (nSPS) is 12.3. The van der Waals surface area contributed by atoms with Crippen LogP contribution in [-0.4, -0.2) is 13.6 Å². The molecule has 2 heterocycles. The summed E-state index contributed by atoms with van der Waals surface area (Å²) < 4.78 is 69.5. The molecular weight excluding hydrogens is 389 g/mol. The Morgan fingerprint density at radius 2 is 1.73 bits per heavy atom. The SMILES string of the molecule is Cc1cc(C)cc(NS(=O)(=O)c2cc(-c3cc(C(F)(F)F)on3)cs2)c1. The lowest BCUT2D eigenvalue weighted by molar-refractivity contribution is -0.155. The molecule has 1 aromatic carbocycles. The van der Waals surface area contributed by atoms with E-state index in [-0.39, 0.29) is 15.5 Å². The van der Waals surface area contributed by atoms with E-state index in [2.05, 4.69) is 14.4 Å². The molecule has 138 valence electrons. The van der Waals surface area contributed by atoms with Gasteiger partial charge in [0.1, 0.15) is 9.90 Å². The van der Waals surface area contributed by atoms with Crippen molar-refractivity contribution in [1.82, 2.24) is 5.16 Å². The van der Waals surface area contributed by atoms with Gasteiger partial charge in [-0.3, -0.25) is 4.72 Å². The van der Waals surface area contributed by atoms with Crippen molar-refractivity contribution in [3.63, 3.8) is 0 Å². The maximum atomic E-state index is 12.6. The van der Waals surface area contributed by atoms with Gasteiger partial charge in [-0.2, -0.15) is 13.2 Å². The lowest BCUT2D eigenvalue weighted by Gasteiger charge is -2.08. The molecule has 2 aromatic heterocycles. The largest absolute Gasteiger partial charge is 0.452 e. The first-order chi connectivity index (χ1) is 12.0. The van der Waals surface area contributed by atoms with Crippen molar-refractivity contribution in [2.45, 2.75) is 24.2 Å². The van der Waals surface area contributed by atoms with E-state index < -0.39 is 22.0 Å². The monoisotopic (exact) mass is 402 g/mol. The molecule has 0 aliphatic rings. The number of hydrogen-bond acceptors (Lipinski definition) is 5. The zero-order valence-electron chi connectivity index (χ0n) is 13.6. The van der Waals surface area contributed by atoms with Gasteiger partial charge in [0.25, 0.3) is 10.0 Å². The number of rotatable bonds is 4. The van der Waals surface area contributed by atoms with Gasteiger partial charge in [0.05, 0.1) is 0 Å². The molecule has 0 saturated heterocycles. The predicted octanol–water partition coefficient (Wildman–Crippen LogP) is 4.84. The van der Waals surface area contributed by atoms with Crippen LogP contribution >= 0.6 is 11.3 Å². The average molecular weight is 402 g/mol. The first-order valence-corrected chi connectivity index (χ1v) is 9.65. The van der Waals surface area contributed by atoms with E-state index in [1.807, 2.05) is 19.9 Å². The molecule has 0 aliphatic carbocycles. The Morgan fingerprint density at radius 3 is 2.31 bits per heavy atom. The van der Waals surface area contributed by atoms with Crippen LogP contribution in [0.25, 0.3) is 11.3 Å². The predicted molar refractivity (Wildman–Crippen MR) is 91.5 cm³/mol. The maximum Gasteiger partial charge on any atom is 0.452 e. The molecule has 0 amide bonds. The highest BCUT2D eigenvalue weighted by Gasteiger charge is 2.36. The van der Waals surface area contributed by atoms with E-state index in [1.165, 1.54) is 11.4 Å². The fourth-order valence-electron chi connectivity index (χ4n) is 2.38. The first-order valence-electron chi connectivity index (χ1n) is 7.28. The highest BCUT2D eigenvalue weighted by atomic mass is 32.2. The van der Waals surface area contributed by atoms with Crippen LogP contribution in [0, 0.1) is 13.8 Å². The van der Waals surface area contributed by atoms with Gasteiger partial charge in [-0.25, -0.2) is 8.42 Å². The summed E-state index contributed by atoms with van der Waals surface area (Å²) in [5, 5.41) is 4.76. The lowest BCUT2D eigenvalue weighted by Crippen LogP contribution is -2.11. The fourth-order valence-corrected chi connectivity index (χ4v) is 4.59. The number of anilines is 1. The number of alkyl halides is 3. The first kappa shape index (κ1) is 18.5. The van der Waals surface area contributed by atoms with Crippen LogP contribution in [-0.2, 0) is 16.2 Å². The summed E-state index contributed by atoms with van der Waals surface area (Å²) >= 11 is 0.882. The quantitative estimate of drug-likeness (QED) is 0.678. The van der Waals surface area contributed by atoms with Gasteiger partial charge >= 0.3 is 6.18 Å². The van der Waals surface area contributed by atoms with Crippen molar-refractivity contribution in [1.29, 1.82) is 0 Å². The molecule has 0 bridgehead atoms. The van der Waals surface area contributed by atoms with Gasteiger partial charge in [0.15, 0.2) is 0 Å². The van der Waals surface area contributed by atoms with Crippen LogP contribution in [0.5, 0.6) is 0 Å². The van der Waals surface area contributed by atoms with E-state index in [0.717, 1.165) is 28.5 Å². The Bertz CT molecular complexity index is 1030. The Kier molecular flexibility index (Phi) is 4.57. The minimum Gasteiger partial charge on any atom is -0.351 e. The van der Waals surface area contributed by atoms with E-state index >= 15 is 0 Å². The summed E-state index contributed by atoms with van der Waals surface area (Å²) in [6, 6.07) is 7.27. The number of benzene rings is 1. The number of sulfonamides is 1. The number of aryl methyl sites for hydroxylation is 2. The summed E-state index contributed by atoms with van der Waals surface area (Å²) in [6.07, 6.45) is -4.65. The Morgan fingerprint density at radius 1 is 1.08 bits per heavy atom. The fraction of sp³-hybridized carbons (Fsp3) is 0.188. The molecule has 0 saturated carbocycles. The summed E-state index contributed by atoms with van der Waals surface area (Å²) in [6.45, 7) is 3.69. The molecule has 10 heteroatoms. The topological polar surface area (TPSA) is 72.2 Å². The second-order valence-corrected chi connectivity index (χ2v) is 8.53. The molecule has 0 atom stereocenters. The summed E-state index contributed by atoms with van der Waals surface area (Å²) in [7, 11) is -3.87. The van der Waals surface area contributed by atoms with Crippen molar-refractivity contribution in [2.24, 2.45) is 0 Å². The third-order valence-corrected chi connectivity index (χ3v) is 6.22. The number of thiophene rings is 1. The highest BCUT2D eigenvalue weighted by molar-refractivity contribution is 7.94. The number of hydrogen-bond donors (Lipinski definition) is 1. The van der Waals surface area contributed by atoms with Gasteiger partial charge in [0, 0.05) is 22.7 Å². The zero-order valence-corrected chi connectivity index (χ0v) is 15.2. The van der Waals surface area contributed by atoms with E-state index in [0.29, 0.717) is 5.69 Å². The number of halogens is 3. The van der Waals surface area contributed by atoms with Crippen LogP contribution in [0.2, 0.25) is 0 Å². The number of nitrogens with zero attached hydrogens (tertiary/aromatic N) is 1. The van der Waals surface area contributed by atoms with Gasteiger partial charge in [-0.05, 0) is 43.2 Å². The zero-order chi connectivity index (χ0) is 19.1. The molecule has 3 rings (SSSR count). The number of aromatic nitrogens is 1. The van der Waals surface area contributed by atoms with Crippen molar-refractivity contribution < 1.29 is 26.1 Å². The van der Waals surface area contributed by atoms with Crippen LogP contribution in [0.1, 0.15) is 16.9 Å². The third kappa shape index (κ3) is 3.91. The van der Waals surface area contributed by atoms with Gasteiger partial charge in [0.2, 0.25) is 5.76 Å². The van der Waals surface area contributed by atoms with Crippen LogP contribution in [0.4, 0.5) is 18.9 Å². The van der Waals surface area contributed by atoms with E-state index in [4.69, 9.17) is 0 Å². The average Bonchev–Trinajstić information content (AvgIpc) is 3.14. The third-order valence-electron chi connectivity index (χ3n) is 3.40. The van der Waals surface area contributed by atoms with Crippen molar-refractivity contribution in [3.8, 4) is 11.3 Å². The Labute approximate surface area is 151 Å². The van der Waals surface area contributed by atoms with Gasteiger partial charge in [-0.15, -0.1) is 11.3 Å². The highest BCUT2D eigenvalue weighted by Crippen LogP contribution is 2.34. The van der Waals surface area contributed by atoms with Crippen LogP contribution in [0.15, 0.2) is 44.4 Å². The molecule has 0 spiro atoms. The molecule has 3 aromatic rings. The summed E-state index contributed by atoms with van der Waals surface area (Å²) in [5.41, 5.74) is 2.36. The standard InChI is InChI=1S/C16H13F3N2O3S2/c1-9-3-10(2)5-12(4-9)21-26(22,23)15-6-11(8-25-15)13-7-14(24-20-13)16(17,18)19/h3-8,21H,1-2H3. The van der Waals surface area contributed by atoms with Crippen molar-refractivity contribution in [3.05, 3.63) is 52.6 Å². The van der Waals surface area contributed by atoms with E-state index in [1.54, 1.807) is 12.1 Å². The molecule has 0 fully saturated rings. The van der Waals surface area contributed by atoms with Crippen LogP contribution in [0.3, 0.4) is 0 Å². The van der Waals surface area contributed by atoms with Gasteiger partial charge in [-0.1, -0.05) is 11.2 Å². The number of nitrogens with one attached hydrogen (secondary N) is 1. The summed E-state index contributed by atoms with van der Waals surface area (Å²) in [5.74, 6) is -1.24. The molecule has 1 N–H and O–H groups in total. The molecule has 5 nitrogen and oxygen atoms in total. The molecule has 26 heavy (non-hydrogen) atoms. The summed E-state index contributed by atoms with van der Waals surface area (Å²) in [4.78, 5) is 0. The minimum atomic E-state index is -4.65. The molecule has 0 aliphatic heterocycles. The smallest absolute Gasteiger partial charge is 0.351 e. The Hall–Kier alpha value is -2.33. The molecule has 0 radical (unpaired) electrons. The lowest BCUT2D eigenvalue weighted by atomic mass is 10.1.